The number of rotatable bonds is 2. The topological polar surface area (TPSA) is 66.9 Å². The highest BCUT2D eigenvalue weighted by atomic mass is 19.1. The van der Waals surface area contributed by atoms with Crippen LogP contribution in [0.15, 0.2) is 18.2 Å². The van der Waals surface area contributed by atoms with Crippen molar-refractivity contribution in [3.63, 3.8) is 0 Å². The highest BCUT2D eigenvalue weighted by Gasteiger charge is 2.14. The van der Waals surface area contributed by atoms with E-state index in [1.807, 2.05) is 6.07 Å². The normalized spacial score (nSPS) is 11.8. The van der Waals surface area contributed by atoms with Crippen LogP contribution in [0.25, 0.3) is 0 Å². The second-order valence-corrected chi connectivity index (χ2v) is 2.81. The molecule has 0 aromatic heterocycles. The lowest BCUT2D eigenvalue weighted by Crippen LogP contribution is -1.96. The fourth-order valence-electron chi connectivity index (χ4n) is 1.05. The Bertz CT molecular complexity index is 412. The standard InChI is InChI=1S/C9H7FN2O2/c1-6(5-11)8-3-2-7(12(13)14)4-9(8)10/h2-4,6H,1H3. The quantitative estimate of drug-likeness (QED) is 0.536. The van der Waals surface area contributed by atoms with Crippen LogP contribution < -0.4 is 0 Å². The number of non-ortho nitro benzene ring substituents is 1. The zero-order valence-corrected chi connectivity index (χ0v) is 7.40. The van der Waals surface area contributed by atoms with Gasteiger partial charge in [-0.25, -0.2) is 4.39 Å². The summed E-state index contributed by atoms with van der Waals surface area (Å²) in [5.74, 6) is -1.32. The molecule has 0 heterocycles. The maximum Gasteiger partial charge on any atom is 0.272 e. The number of nitro benzene ring substituents is 1. The summed E-state index contributed by atoms with van der Waals surface area (Å²) in [7, 11) is 0. The van der Waals surface area contributed by atoms with Crippen LogP contribution in [0, 0.1) is 27.3 Å². The molecule has 1 unspecified atom stereocenters. The van der Waals surface area contributed by atoms with Crippen molar-refractivity contribution in [2.24, 2.45) is 0 Å². The van der Waals surface area contributed by atoms with Crippen LogP contribution in [0.2, 0.25) is 0 Å². The average Bonchev–Trinajstić information content (AvgIpc) is 2.16. The lowest BCUT2D eigenvalue weighted by atomic mass is 10.0. The van der Waals surface area contributed by atoms with Gasteiger partial charge in [-0.3, -0.25) is 10.1 Å². The summed E-state index contributed by atoms with van der Waals surface area (Å²) in [5, 5.41) is 18.8. The second kappa shape index (κ2) is 3.83. The van der Waals surface area contributed by atoms with Crippen LogP contribution >= 0.6 is 0 Å². The molecule has 14 heavy (non-hydrogen) atoms. The molecule has 1 aromatic carbocycles. The third kappa shape index (κ3) is 1.85. The number of hydrogen-bond acceptors (Lipinski definition) is 3. The average molecular weight is 194 g/mol. The Morgan fingerprint density at radius 1 is 1.64 bits per heavy atom. The first-order valence-electron chi connectivity index (χ1n) is 3.89. The summed E-state index contributed by atoms with van der Waals surface area (Å²) in [6.45, 7) is 1.53. The third-order valence-electron chi connectivity index (χ3n) is 1.86. The van der Waals surface area contributed by atoms with Gasteiger partial charge in [-0.05, 0) is 13.0 Å². The molecule has 0 fully saturated rings. The van der Waals surface area contributed by atoms with E-state index in [1.165, 1.54) is 19.1 Å². The Labute approximate surface area is 79.7 Å². The lowest BCUT2D eigenvalue weighted by Gasteiger charge is -2.03. The number of halogens is 1. The molecule has 0 saturated carbocycles. The first-order valence-corrected chi connectivity index (χ1v) is 3.89. The first kappa shape index (κ1) is 10.1. The van der Waals surface area contributed by atoms with E-state index in [0.717, 1.165) is 6.07 Å². The zero-order chi connectivity index (χ0) is 10.7. The monoisotopic (exact) mass is 194 g/mol. The molecular formula is C9H7FN2O2. The summed E-state index contributed by atoms with van der Waals surface area (Å²) < 4.78 is 13.2. The molecule has 72 valence electrons. The zero-order valence-electron chi connectivity index (χ0n) is 7.40. The molecule has 0 aliphatic carbocycles. The van der Waals surface area contributed by atoms with Gasteiger partial charge in [0.15, 0.2) is 0 Å². The van der Waals surface area contributed by atoms with E-state index >= 15 is 0 Å². The van der Waals surface area contributed by atoms with Crippen LogP contribution in [0.3, 0.4) is 0 Å². The second-order valence-electron chi connectivity index (χ2n) is 2.81. The molecule has 0 radical (unpaired) electrons. The summed E-state index contributed by atoms with van der Waals surface area (Å²) in [6, 6.07) is 5.14. The van der Waals surface area contributed by atoms with Gasteiger partial charge in [0.25, 0.3) is 5.69 Å². The first-order chi connectivity index (χ1) is 6.56. The summed E-state index contributed by atoms with van der Waals surface area (Å²) in [4.78, 5) is 9.60. The Morgan fingerprint density at radius 3 is 2.71 bits per heavy atom. The minimum absolute atomic E-state index is 0.179. The molecule has 1 aromatic rings. The summed E-state index contributed by atoms with van der Waals surface area (Å²) in [6.07, 6.45) is 0. The smallest absolute Gasteiger partial charge is 0.258 e. The van der Waals surface area contributed by atoms with E-state index in [9.17, 15) is 14.5 Å². The van der Waals surface area contributed by atoms with Crippen LogP contribution in [0.5, 0.6) is 0 Å². The molecule has 0 spiro atoms. The molecule has 0 aliphatic heterocycles. The van der Waals surface area contributed by atoms with Gasteiger partial charge in [-0.2, -0.15) is 5.26 Å². The largest absolute Gasteiger partial charge is 0.272 e. The predicted molar refractivity (Wildman–Crippen MR) is 47.1 cm³/mol. The van der Waals surface area contributed by atoms with Crippen LogP contribution in [-0.4, -0.2) is 4.92 Å². The highest BCUT2D eigenvalue weighted by Crippen LogP contribution is 2.22. The van der Waals surface area contributed by atoms with Gasteiger partial charge >= 0.3 is 0 Å². The Balaban J connectivity index is 3.15. The van der Waals surface area contributed by atoms with E-state index in [1.54, 1.807) is 0 Å². The van der Waals surface area contributed by atoms with Gasteiger partial charge in [0.05, 0.1) is 23.0 Å². The van der Waals surface area contributed by atoms with Crippen LogP contribution in [0.1, 0.15) is 18.4 Å². The van der Waals surface area contributed by atoms with Crippen LogP contribution in [0.4, 0.5) is 10.1 Å². The van der Waals surface area contributed by atoms with Gasteiger partial charge in [0.2, 0.25) is 0 Å². The highest BCUT2D eigenvalue weighted by molar-refractivity contribution is 5.37. The fraction of sp³-hybridized carbons (Fsp3) is 0.222. The SMILES string of the molecule is CC(C#N)c1ccc([N+](=O)[O-])cc1F. The number of benzene rings is 1. The van der Waals surface area contributed by atoms with E-state index < -0.39 is 16.7 Å². The van der Waals surface area contributed by atoms with Crippen molar-refractivity contribution in [1.29, 1.82) is 5.26 Å². The van der Waals surface area contributed by atoms with Gasteiger partial charge in [0, 0.05) is 11.6 Å². The minimum Gasteiger partial charge on any atom is -0.258 e. The Kier molecular flexibility index (Phi) is 2.77. The molecule has 0 saturated heterocycles. The molecule has 1 rings (SSSR count). The van der Waals surface area contributed by atoms with Crippen LogP contribution in [-0.2, 0) is 0 Å². The minimum atomic E-state index is -0.715. The van der Waals surface area contributed by atoms with Crippen molar-refractivity contribution < 1.29 is 9.31 Å². The summed E-state index contributed by atoms with van der Waals surface area (Å²) in [5.41, 5.74) is -0.130. The third-order valence-corrected chi connectivity index (χ3v) is 1.86. The Morgan fingerprint density at radius 2 is 2.29 bits per heavy atom. The van der Waals surface area contributed by atoms with Crippen molar-refractivity contribution >= 4 is 5.69 Å². The molecule has 0 N–H and O–H groups in total. The van der Waals surface area contributed by atoms with Crippen molar-refractivity contribution in [2.45, 2.75) is 12.8 Å². The molecular weight excluding hydrogens is 187 g/mol. The molecule has 4 nitrogen and oxygen atoms in total. The predicted octanol–water partition coefficient (Wildman–Crippen LogP) is 2.36. The van der Waals surface area contributed by atoms with Gasteiger partial charge < -0.3 is 0 Å². The van der Waals surface area contributed by atoms with Gasteiger partial charge in [-0.15, -0.1) is 0 Å². The van der Waals surface area contributed by atoms with Gasteiger partial charge in [0.1, 0.15) is 5.82 Å². The van der Waals surface area contributed by atoms with E-state index in [2.05, 4.69) is 0 Å². The lowest BCUT2D eigenvalue weighted by molar-refractivity contribution is -0.385. The maximum absolute atomic E-state index is 13.2. The van der Waals surface area contributed by atoms with Gasteiger partial charge in [-0.1, -0.05) is 0 Å². The number of hydrogen-bond donors (Lipinski definition) is 0. The number of nitrogens with zero attached hydrogens (tertiary/aromatic N) is 2. The Hall–Kier alpha value is -1.96. The van der Waals surface area contributed by atoms with Crippen molar-refractivity contribution in [1.82, 2.24) is 0 Å². The number of nitro groups is 1. The number of nitriles is 1. The molecule has 5 heteroatoms. The fourth-order valence-corrected chi connectivity index (χ4v) is 1.05. The molecule has 0 aliphatic rings. The molecule has 0 amide bonds. The molecule has 0 bridgehead atoms. The van der Waals surface area contributed by atoms with E-state index in [-0.39, 0.29) is 11.3 Å². The molecule has 1 atom stereocenters. The van der Waals surface area contributed by atoms with Crippen molar-refractivity contribution in [2.75, 3.05) is 0 Å². The van der Waals surface area contributed by atoms with Crippen molar-refractivity contribution in [3.05, 3.63) is 39.7 Å². The van der Waals surface area contributed by atoms with E-state index in [4.69, 9.17) is 5.26 Å². The van der Waals surface area contributed by atoms with E-state index in [0.29, 0.717) is 0 Å². The maximum atomic E-state index is 13.2. The van der Waals surface area contributed by atoms with Crippen molar-refractivity contribution in [3.8, 4) is 6.07 Å². The summed E-state index contributed by atoms with van der Waals surface area (Å²) >= 11 is 0.